The average Bonchev–Trinajstić information content (AvgIpc) is 2.33. The lowest BCUT2D eigenvalue weighted by molar-refractivity contribution is 0.0674. The third kappa shape index (κ3) is 3.08. The van der Waals surface area contributed by atoms with Crippen molar-refractivity contribution < 1.29 is 18.3 Å². The number of ketones is 1. The van der Waals surface area contributed by atoms with Gasteiger partial charge in [-0.05, 0) is 18.2 Å². The molecule has 1 aromatic rings. The Balaban J connectivity index is 2.05. The molecule has 17 heavy (non-hydrogen) atoms. The first-order chi connectivity index (χ1) is 8.16. The molecule has 0 amide bonds. The highest BCUT2D eigenvalue weighted by molar-refractivity contribution is 5.96. The number of benzene rings is 1. The number of morpholine rings is 1. The molecule has 3 nitrogen and oxygen atoms in total. The van der Waals surface area contributed by atoms with Crippen LogP contribution in [0.15, 0.2) is 18.2 Å². The summed E-state index contributed by atoms with van der Waals surface area (Å²) in [5.41, 5.74) is -0.197. The summed E-state index contributed by atoms with van der Waals surface area (Å²) in [5.74, 6) is -1.71. The third-order valence-electron chi connectivity index (χ3n) is 2.66. The normalized spacial score (nSPS) is 20.2. The van der Waals surface area contributed by atoms with Crippen molar-refractivity contribution in [3.8, 4) is 0 Å². The van der Waals surface area contributed by atoms with Gasteiger partial charge in [-0.15, -0.1) is 0 Å². The van der Waals surface area contributed by atoms with Crippen molar-refractivity contribution in [1.29, 1.82) is 0 Å². The van der Waals surface area contributed by atoms with E-state index in [9.17, 15) is 13.6 Å². The van der Waals surface area contributed by atoms with Gasteiger partial charge in [0.05, 0.1) is 18.8 Å². The van der Waals surface area contributed by atoms with Gasteiger partial charge in [-0.25, -0.2) is 8.78 Å². The maximum absolute atomic E-state index is 13.3. The fraction of sp³-hybridized carbons (Fsp3) is 0.417. The van der Waals surface area contributed by atoms with E-state index < -0.39 is 17.4 Å². The van der Waals surface area contributed by atoms with E-state index in [4.69, 9.17) is 4.74 Å². The molecule has 1 saturated heterocycles. The fourth-order valence-electron chi connectivity index (χ4n) is 1.80. The number of halogens is 2. The first-order valence-corrected chi connectivity index (χ1v) is 5.46. The van der Waals surface area contributed by atoms with Crippen molar-refractivity contribution in [3.63, 3.8) is 0 Å². The molecule has 1 atom stereocenters. The van der Waals surface area contributed by atoms with Gasteiger partial charge in [-0.3, -0.25) is 4.79 Å². The van der Waals surface area contributed by atoms with Crippen LogP contribution in [0.4, 0.5) is 8.78 Å². The second-order valence-corrected chi connectivity index (χ2v) is 3.98. The van der Waals surface area contributed by atoms with Crippen LogP contribution in [0.25, 0.3) is 0 Å². The van der Waals surface area contributed by atoms with Gasteiger partial charge in [0.2, 0.25) is 0 Å². The van der Waals surface area contributed by atoms with Crippen molar-refractivity contribution in [3.05, 3.63) is 35.4 Å². The Morgan fingerprint density at radius 2 is 2.29 bits per heavy atom. The molecule has 1 N–H and O–H groups in total. The maximum atomic E-state index is 13.3. The molecule has 5 heteroatoms. The summed E-state index contributed by atoms with van der Waals surface area (Å²) in [6, 6.07) is 2.77. The zero-order valence-corrected chi connectivity index (χ0v) is 9.21. The van der Waals surface area contributed by atoms with E-state index in [-0.39, 0.29) is 18.0 Å². The number of carbonyl (C=O) groups excluding carboxylic acids is 1. The molecule has 0 aromatic heterocycles. The Morgan fingerprint density at radius 3 is 3.00 bits per heavy atom. The summed E-state index contributed by atoms with van der Waals surface area (Å²) in [6.45, 7) is 1.70. The van der Waals surface area contributed by atoms with Gasteiger partial charge in [0, 0.05) is 19.0 Å². The standard InChI is InChI=1S/C12H13F2NO2/c13-8-1-2-11(14)10(5-8)12(16)6-9-7-17-4-3-15-9/h1-2,5,9,15H,3-4,6-7H2. The van der Waals surface area contributed by atoms with Crippen LogP contribution in [0.1, 0.15) is 16.8 Å². The lowest BCUT2D eigenvalue weighted by Gasteiger charge is -2.23. The van der Waals surface area contributed by atoms with E-state index in [1.807, 2.05) is 0 Å². The van der Waals surface area contributed by atoms with Gasteiger partial charge >= 0.3 is 0 Å². The second-order valence-electron chi connectivity index (χ2n) is 3.98. The lowest BCUT2D eigenvalue weighted by Crippen LogP contribution is -2.42. The summed E-state index contributed by atoms with van der Waals surface area (Å²) in [4.78, 5) is 11.8. The predicted octanol–water partition coefficient (Wildman–Crippen LogP) is 1.53. The molecule has 2 rings (SSSR count). The molecule has 1 aliphatic heterocycles. The number of Topliss-reactive ketones (excluding diaryl/α,β-unsaturated/α-hetero) is 1. The summed E-state index contributed by atoms with van der Waals surface area (Å²) >= 11 is 0. The second kappa shape index (κ2) is 5.33. The van der Waals surface area contributed by atoms with Crippen molar-refractivity contribution in [2.45, 2.75) is 12.5 Å². The number of hydrogen-bond acceptors (Lipinski definition) is 3. The Kier molecular flexibility index (Phi) is 3.81. The fourth-order valence-corrected chi connectivity index (χ4v) is 1.80. The topological polar surface area (TPSA) is 38.3 Å². The van der Waals surface area contributed by atoms with Gasteiger partial charge in [0.1, 0.15) is 11.6 Å². The minimum absolute atomic E-state index is 0.111. The van der Waals surface area contributed by atoms with Crippen LogP contribution in [-0.2, 0) is 4.74 Å². The summed E-state index contributed by atoms with van der Waals surface area (Å²) in [7, 11) is 0. The van der Waals surface area contributed by atoms with Crippen LogP contribution < -0.4 is 5.32 Å². The SMILES string of the molecule is O=C(CC1COCCN1)c1cc(F)ccc1F. The molecule has 1 unspecified atom stereocenters. The Morgan fingerprint density at radius 1 is 1.47 bits per heavy atom. The lowest BCUT2D eigenvalue weighted by atomic mass is 10.0. The molecule has 92 valence electrons. The summed E-state index contributed by atoms with van der Waals surface area (Å²) < 4.78 is 31.5. The first-order valence-electron chi connectivity index (χ1n) is 5.46. The van der Waals surface area contributed by atoms with Crippen LogP contribution in [0, 0.1) is 11.6 Å². The van der Waals surface area contributed by atoms with Crippen LogP contribution in [0.3, 0.4) is 0 Å². The van der Waals surface area contributed by atoms with Gasteiger partial charge in [-0.2, -0.15) is 0 Å². The van der Waals surface area contributed by atoms with E-state index in [0.717, 1.165) is 18.2 Å². The molecular formula is C12H13F2NO2. The van der Waals surface area contributed by atoms with Crippen molar-refractivity contribution in [1.82, 2.24) is 5.32 Å². The molecule has 1 heterocycles. The molecule has 0 radical (unpaired) electrons. The van der Waals surface area contributed by atoms with E-state index in [2.05, 4.69) is 5.32 Å². The van der Waals surface area contributed by atoms with Gasteiger partial charge in [0.25, 0.3) is 0 Å². The molecule has 0 saturated carbocycles. The number of ether oxygens (including phenoxy) is 1. The summed E-state index contributed by atoms with van der Waals surface area (Å²) in [5, 5.41) is 3.09. The molecular weight excluding hydrogens is 228 g/mol. The zero-order chi connectivity index (χ0) is 12.3. The highest BCUT2D eigenvalue weighted by Crippen LogP contribution is 2.13. The number of rotatable bonds is 3. The smallest absolute Gasteiger partial charge is 0.167 e. The van der Waals surface area contributed by atoms with Crippen LogP contribution >= 0.6 is 0 Å². The van der Waals surface area contributed by atoms with E-state index >= 15 is 0 Å². The van der Waals surface area contributed by atoms with Crippen LogP contribution in [0.5, 0.6) is 0 Å². The molecule has 0 spiro atoms. The van der Waals surface area contributed by atoms with Gasteiger partial charge in [0.15, 0.2) is 5.78 Å². The Hall–Kier alpha value is -1.33. The number of carbonyl (C=O) groups is 1. The average molecular weight is 241 g/mol. The van der Waals surface area contributed by atoms with Crippen molar-refractivity contribution >= 4 is 5.78 Å². The quantitative estimate of drug-likeness (QED) is 0.815. The highest BCUT2D eigenvalue weighted by atomic mass is 19.1. The van der Waals surface area contributed by atoms with Crippen molar-refractivity contribution in [2.75, 3.05) is 19.8 Å². The van der Waals surface area contributed by atoms with E-state index in [1.54, 1.807) is 0 Å². The summed E-state index contributed by atoms with van der Waals surface area (Å²) in [6.07, 6.45) is 0.111. The Bertz CT molecular complexity index is 417. The van der Waals surface area contributed by atoms with Gasteiger partial charge in [-0.1, -0.05) is 0 Å². The molecule has 0 bridgehead atoms. The highest BCUT2D eigenvalue weighted by Gasteiger charge is 2.20. The minimum atomic E-state index is -0.687. The zero-order valence-electron chi connectivity index (χ0n) is 9.21. The molecule has 0 aliphatic carbocycles. The molecule has 1 aromatic carbocycles. The predicted molar refractivity (Wildman–Crippen MR) is 57.9 cm³/mol. The Labute approximate surface area is 97.8 Å². The van der Waals surface area contributed by atoms with Crippen molar-refractivity contribution in [2.24, 2.45) is 0 Å². The van der Waals surface area contributed by atoms with Crippen LogP contribution in [0.2, 0.25) is 0 Å². The number of nitrogens with one attached hydrogen (secondary N) is 1. The first kappa shape index (κ1) is 12.1. The molecule has 1 aliphatic rings. The van der Waals surface area contributed by atoms with E-state index in [0.29, 0.717) is 19.8 Å². The largest absolute Gasteiger partial charge is 0.378 e. The maximum Gasteiger partial charge on any atom is 0.167 e. The third-order valence-corrected chi connectivity index (χ3v) is 2.66. The van der Waals surface area contributed by atoms with Crippen LogP contribution in [-0.4, -0.2) is 31.6 Å². The minimum Gasteiger partial charge on any atom is -0.378 e. The van der Waals surface area contributed by atoms with E-state index in [1.165, 1.54) is 0 Å². The monoisotopic (exact) mass is 241 g/mol. The van der Waals surface area contributed by atoms with Gasteiger partial charge < -0.3 is 10.1 Å². The number of hydrogen-bond donors (Lipinski definition) is 1. The molecule has 1 fully saturated rings.